The van der Waals surface area contributed by atoms with Crippen molar-refractivity contribution in [2.45, 2.75) is 25.8 Å². The Bertz CT molecular complexity index is 417. The molecule has 0 spiro atoms. The minimum absolute atomic E-state index is 0. The Morgan fingerprint density at radius 2 is 2.11 bits per heavy atom. The maximum absolute atomic E-state index is 11.9. The lowest BCUT2D eigenvalue weighted by atomic mass is 10.1. The molecule has 3 N–H and O–H groups in total. The highest BCUT2D eigenvalue weighted by atomic mass is 35.5. The smallest absolute Gasteiger partial charge is 0.238 e. The van der Waals surface area contributed by atoms with Crippen LogP contribution in [0.3, 0.4) is 0 Å². The molecule has 1 amide bonds. The number of hydrogen-bond donors (Lipinski definition) is 2. The summed E-state index contributed by atoms with van der Waals surface area (Å²) in [5.74, 6) is 0.0519. The minimum Gasteiger partial charge on any atom is -0.328 e. The van der Waals surface area contributed by atoms with Crippen molar-refractivity contribution in [2.75, 3.05) is 25.0 Å². The summed E-state index contributed by atoms with van der Waals surface area (Å²) in [4.78, 5) is 14.1. The molecule has 106 valence electrons. The second kappa shape index (κ2) is 7.48. The molecule has 1 fully saturated rings. The molecule has 0 bridgehead atoms. The molecule has 2 rings (SSSR count). The van der Waals surface area contributed by atoms with Gasteiger partial charge in [-0.25, -0.2) is 0 Å². The quantitative estimate of drug-likeness (QED) is 0.889. The molecule has 1 heterocycles. The van der Waals surface area contributed by atoms with E-state index in [0.717, 1.165) is 37.2 Å². The van der Waals surface area contributed by atoms with Crippen molar-refractivity contribution in [2.24, 2.45) is 5.73 Å². The number of nitrogens with one attached hydrogen (secondary N) is 1. The molecule has 1 aliphatic rings. The van der Waals surface area contributed by atoms with E-state index in [9.17, 15) is 4.79 Å². The van der Waals surface area contributed by atoms with Gasteiger partial charge in [0.2, 0.25) is 5.91 Å². The van der Waals surface area contributed by atoms with Crippen molar-refractivity contribution in [3.05, 3.63) is 29.8 Å². The van der Waals surface area contributed by atoms with Crippen LogP contribution in [-0.4, -0.2) is 36.5 Å². The summed E-state index contributed by atoms with van der Waals surface area (Å²) in [7, 11) is 0. The first-order chi connectivity index (χ1) is 8.63. The summed E-state index contributed by atoms with van der Waals surface area (Å²) >= 11 is 0. The number of halogens is 1. The van der Waals surface area contributed by atoms with E-state index in [-0.39, 0.29) is 18.3 Å². The minimum atomic E-state index is 0. The number of nitrogens with zero attached hydrogens (tertiary/aromatic N) is 1. The van der Waals surface area contributed by atoms with Crippen LogP contribution >= 0.6 is 12.4 Å². The predicted molar refractivity (Wildman–Crippen MR) is 80.7 cm³/mol. The van der Waals surface area contributed by atoms with Crippen LogP contribution in [0, 0.1) is 6.92 Å². The molecule has 1 aromatic rings. The zero-order chi connectivity index (χ0) is 13.0. The summed E-state index contributed by atoms with van der Waals surface area (Å²) in [5.41, 5.74) is 7.86. The third kappa shape index (κ3) is 5.19. The van der Waals surface area contributed by atoms with Crippen LogP contribution in [0.4, 0.5) is 5.69 Å². The number of amides is 1. The highest BCUT2D eigenvalue weighted by molar-refractivity contribution is 5.92. The van der Waals surface area contributed by atoms with Gasteiger partial charge < -0.3 is 11.1 Å². The summed E-state index contributed by atoms with van der Waals surface area (Å²) < 4.78 is 0. The molecule has 0 saturated carbocycles. The lowest BCUT2D eigenvalue weighted by molar-refractivity contribution is -0.117. The maximum atomic E-state index is 11.9. The topological polar surface area (TPSA) is 58.4 Å². The van der Waals surface area contributed by atoms with Gasteiger partial charge in [-0.1, -0.05) is 12.1 Å². The van der Waals surface area contributed by atoms with Gasteiger partial charge >= 0.3 is 0 Å². The van der Waals surface area contributed by atoms with Crippen molar-refractivity contribution < 1.29 is 4.79 Å². The number of piperidine rings is 1. The number of nitrogens with two attached hydrogens (primary N) is 1. The number of aryl methyl sites for hydroxylation is 1. The monoisotopic (exact) mass is 283 g/mol. The Morgan fingerprint density at radius 3 is 2.74 bits per heavy atom. The molecule has 0 radical (unpaired) electrons. The number of carbonyl (C=O) groups excluding carboxylic acids is 1. The summed E-state index contributed by atoms with van der Waals surface area (Å²) in [6, 6.07) is 8.16. The third-order valence-electron chi connectivity index (χ3n) is 3.30. The van der Waals surface area contributed by atoms with E-state index in [2.05, 4.69) is 10.2 Å². The highest BCUT2D eigenvalue weighted by Crippen LogP contribution is 2.11. The van der Waals surface area contributed by atoms with Crippen LogP contribution in [0.2, 0.25) is 0 Å². The molecule has 4 nitrogen and oxygen atoms in total. The lowest BCUT2D eigenvalue weighted by Gasteiger charge is -2.29. The van der Waals surface area contributed by atoms with Crippen LogP contribution < -0.4 is 11.1 Å². The fourth-order valence-corrected chi connectivity index (χ4v) is 2.24. The standard InChI is InChI=1S/C14H21N3O.ClH/c1-11-3-2-4-13(9-11)16-14(18)10-17-7-5-12(15)6-8-17;/h2-4,9,12H,5-8,10,15H2,1H3,(H,16,18);1H. The number of benzene rings is 1. The Balaban J connectivity index is 0.00000180. The first kappa shape index (κ1) is 16.0. The summed E-state index contributed by atoms with van der Waals surface area (Å²) in [6.07, 6.45) is 1.97. The van der Waals surface area contributed by atoms with Gasteiger partial charge in [-0.15, -0.1) is 12.4 Å². The number of anilines is 1. The molecule has 0 unspecified atom stereocenters. The first-order valence-corrected chi connectivity index (χ1v) is 6.48. The van der Waals surface area contributed by atoms with Crippen LogP contribution in [0.1, 0.15) is 18.4 Å². The molecule has 19 heavy (non-hydrogen) atoms. The average Bonchev–Trinajstić information content (AvgIpc) is 2.32. The second-order valence-electron chi connectivity index (χ2n) is 5.03. The molecule has 5 heteroatoms. The fraction of sp³-hybridized carbons (Fsp3) is 0.500. The Morgan fingerprint density at radius 1 is 1.42 bits per heavy atom. The molecule has 0 aliphatic carbocycles. The molecule has 0 atom stereocenters. The number of rotatable bonds is 3. The van der Waals surface area contributed by atoms with E-state index in [1.807, 2.05) is 31.2 Å². The first-order valence-electron chi connectivity index (χ1n) is 6.48. The van der Waals surface area contributed by atoms with Gasteiger partial charge in [0.1, 0.15) is 0 Å². The largest absolute Gasteiger partial charge is 0.328 e. The SMILES string of the molecule is Cc1cccc(NC(=O)CN2CCC(N)CC2)c1.Cl. The molecular formula is C14H22ClN3O. The molecule has 0 aromatic heterocycles. The van der Waals surface area contributed by atoms with Crippen molar-refractivity contribution in [3.63, 3.8) is 0 Å². The van der Waals surface area contributed by atoms with Gasteiger partial charge in [0.05, 0.1) is 6.54 Å². The lowest BCUT2D eigenvalue weighted by Crippen LogP contribution is -2.43. The van der Waals surface area contributed by atoms with Crippen molar-refractivity contribution in [1.82, 2.24) is 4.90 Å². The zero-order valence-corrected chi connectivity index (χ0v) is 12.1. The molecule has 1 aliphatic heterocycles. The van der Waals surface area contributed by atoms with Gasteiger partial charge in [-0.2, -0.15) is 0 Å². The van der Waals surface area contributed by atoms with Gasteiger partial charge in [0, 0.05) is 24.8 Å². The van der Waals surface area contributed by atoms with E-state index >= 15 is 0 Å². The number of carbonyl (C=O) groups is 1. The third-order valence-corrected chi connectivity index (χ3v) is 3.30. The Labute approximate surface area is 120 Å². The Kier molecular flexibility index (Phi) is 6.28. The van der Waals surface area contributed by atoms with Gasteiger partial charge in [-0.05, 0) is 37.5 Å². The Hall–Kier alpha value is -1.10. The highest BCUT2D eigenvalue weighted by Gasteiger charge is 2.18. The number of likely N-dealkylation sites (tertiary alicyclic amines) is 1. The zero-order valence-electron chi connectivity index (χ0n) is 11.3. The molecular weight excluding hydrogens is 262 g/mol. The average molecular weight is 284 g/mol. The van der Waals surface area contributed by atoms with Crippen molar-refractivity contribution in [1.29, 1.82) is 0 Å². The van der Waals surface area contributed by atoms with Gasteiger partial charge in [0.15, 0.2) is 0 Å². The van der Waals surface area contributed by atoms with Crippen LogP contribution in [0.5, 0.6) is 0 Å². The number of hydrogen-bond acceptors (Lipinski definition) is 3. The van der Waals surface area contributed by atoms with E-state index < -0.39 is 0 Å². The predicted octanol–water partition coefficient (Wildman–Crippen LogP) is 1.78. The second-order valence-corrected chi connectivity index (χ2v) is 5.03. The van der Waals surface area contributed by atoms with Crippen molar-refractivity contribution >= 4 is 24.0 Å². The van der Waals surface area contributed by atoms with Gasteiger partial charge in [-0.3, -0.25) is 9.69 Å². The summed E-state index contributed by atoms with van der Waals surface area (Å²) in [6.45, 7) is 4.31. The van der Waals surface area contributed by atoms with Crippen LogP contribution in [0.25, 0.3) is 0 Å². The molecule has 1 aromatic carbocycles. The van der Waals surface area contributed by atoms with E-state index in [4.69, 9.17) is 5.73 Å². The van der Waals surface area contributed by atoms with E-state index in [1.165, 1.54) is 0 Å². The maximum Gasteiger partial charge on any atom is 0.238 e. The molecule has 1 saturated heterocycles. The van der Waals surface area contributed by atoms with E-state index in [0.29, 0.717) is 12.6 Å². The normalized spacial score (nSPS) is 16.7. The van der Waals surface area contributed by atoms with Crippen LogP contribution in [0.15, 0.2) is 24.3 Å². The van der Waals surface area contributed by atoms with Gasteiger partial charge in [0.25, 0.3) is 0 Å². The van der Waals surface area contributed by atoms with Crippen LogP contribution in [-0.2, 0) is 4.79 Å². The fourth-order valence-electron chi connectivity index (χ4n) is 2.24. The summed E-state index contributed by atoms with van der Waals surface area (Å²) in [5, 5.41) is 2.93. The van der Waals surface area contributed by atoms with Crippen molar-refractivity contribution in [3.8, 4) is 0 Å². The van der Waals surface area contributed by atoms with E-state index in [1.54, 1.807) is 0 Å².